The average molecular weight is 504 g/mol. The first-order valence-corrected chi connectivity index (χ1v) is 12.0. The summed E-state index contributed by atoms with van der Waals surface area (Å²) in [5.41, 5.74) is 3.85. The van der Waals surface area contributed by atoms with Crippen LogP contribution < -0.4 is 15.4 Å². The van der Waals surface area contributed by atoms with E-state index in [9.17, 15) is 19.1 Å². The molecule has 1 aromatic carbocycles. The van der Waals surface area contributed by atoms with Crippen LogP contribution in [0.25, 0.3) is 11.3 Å². The van der Waals surface area contributed by atoms with E-state index in [-0.39, 0.29) is 17.7 Å². The number of rotatable bonds is 4. The fourth-order valence-corrected chi connectivity index (χ4v) is 4.98. The van der Waals surface area contributed by atoms with Crippen molar-refractivity contribution in [3.05, 3.63) is 59.3 Å². The van der Waals surface area contributed by atoms with Gasteiger partial charge in [-0.1, -0.05) is 17.9 Å². The van der Waals surface area contributed by atoms with Gasteiger partial charge in [-0.3, -0.25) is 14.7 Å². The number of likely N-dealkylation sites (tertiary alicyclic amines) is 1. The fraction of sp³-hybridized carbons (Fsp3) is 0.296. The van der Waals surface area contributed by atoms with E-state index in [0.29, 0.717) is 53.1 Å². The number of carbonyl (C=O) groups excluding carboxylic acids is 1. The largest absolute Gasteiger partial charge is 0.492 e. The van der Waals surface area contributed by atoms with Gasteiger partial charge in [0.15, 0.2) is 11.6 Å². The van der Waals surface area contributed by atoms with Crippen LogP contribution in [0.3, 0.4) is 0 Å². The Morgan fingerprint density at radius 1 is 1.32 bits per heavy atom. The third kappa shape index (κ3) is 4.44. The van der Waals surface area contributed by atoms with E-state index >= 15 is 0 Å². The molecule has 0 aliphatic carbocycles. The lowest BCUT2D eigenvalue weighted by Gasteiger charge is -2.21. The molecule has 10 heteroatoms. The SMILES string of the molecule is COc1c(F)cccc1Nc1c(-c2ccncc2C#C[C@@H]2CC[C@H](C)N2C(=O)O)[nH]c2c1C(=O)NCC2. The molecule has 2 atom stereocenters. The molecule has 0 radical (unpaired) electrons. The number of amides is 2. The molecule has 4 heterocycles. The summed E-state index contributed by atoms with van der Waals surface area (Å²) in [7, 11) is 1.38. The monoisotopic (exact) mass is 503 g/mol. The number of hydrogen-bond acceptors (Lipinski definition) is 5. The Bertz CT molecular complexity index is 1440. The number of fused-ring (bicyclic) bond motifs is 1. The third-order valence-electron chi connectivity index (χ3n) is 6.75. The number of aromatic nitrogens is 2. The second kappa shape index (κ2) is 9.85. The molecule has 2 aromatic heterocycles. The molecule has 190 valence electrons. The number of benzene rings is 1. The fourth-order valence-electron chi connectivity index (χ4n) is 4.98. The molecular weight excluding hydrogens is 477 g/mol. The van der Waals surface area contributed by atoms with Gasteiger partial charge in [-0.05, 0) is 38.0 Å². The van der Waals surface area contributed by atoms with E-state index in [4.69, 9.17) is 4.74 Å². The number of para-hydroxylation sites is 1. The van der Waals surface area contributed by atoms with Crippen molar-refractivity contribution in [3.8, 4) is 28.8 Å². The number of carboxylic acid groups (broad SMARTS) is 1. The van der Waals surface area contributed by atoms with Gasteiger partial charge >= 0.3 is 6.09 Å². The van der Waals surface area contributed by atoms with Gasteiger partial charge in [-0.15, -0.1) is 0 Å². The Hall–Kier alpha value is -4.52. The predicted octanol–water partition coefficient (Wildman–Crippen LogP) is 4.14. The van der Waals surface area contributed by atoms with Crippen LogP contribution in [0, 0.1) is 17.7 Å². The number of hydrogen-bond donors (Lipinski definition) is 4. The summed E-state index contributed by atoms with van der Waals surface area (Å²) < 4.78 is 19.7. The number of nitrogens with zero attached hydrogens (tertiary/aromatic N) is 2. The summed E-state index contributed by atoms with van der Waals surface area (Å²) in [6.07, 6.45) is 4.23. The van der Waals surface area contributed by atoms with Crippen molar-refractivity contribution in [2.75, 3.05) is 19.0 Å². The highest BCUT2D eigenvalue weighted by molar-refractivity contribution is 6.06. The number of carbonyl (C=O) groups is 2. The van der Waals surface area contributed by atoms with Gasteiger partial charge in [-0.25, -0.2) is 9.18 Å². The highest BCUT2D eigenvalue weighted by Gasteiger charge is 2.33. The van der Waals surface area contributed by atoms with Crippen molar-refractivity contribution in [1.82, 2.24) is 20.2 Å². The average Bonchev–Trinajstić information content (AvgIpc) is 3.44. The maximum absolute atomic E-state index is 14.4. The molecule has 1 saturated heterocycles. The Labute approximate surface area is 213 Å². The smallest absolute Gasteiger partial charge is 0.408 e. The topological polar surface area (TPSA) is 120 Å². The Morgan fingerprint density at radius 3 is 2.95 bits per heavy atom. The van der Waals surface area contributed by atoms with Crippen molar-refractivity contribution in [1.29, 1.82) is 0 Å². The molecular formula is C27H26FN5O4. The predicted molar refractivity (Wildman–Crippen MR) is 136 cm³/mol. The molecule has 9 nitrogen and oxygen atoms in total. The summed E-state index contributed by atoms with van der Waals surface area (Å²) in [6.45, 7) is 2.36. The van der Waals surface area contributed by atoms with Gasteiger partial charge in [0.25, 0.3) is 5.91 Å². The Balaban J connectivity index is 1.61. The number of nitrogens with one attached hydrogen (secondary N) is 3. The van der Waals surface area contributed by atoms with Crippen LogP contribution in [0.2, 0.25) is 0 Å². The molecule has 0 spiro atoms. The van der Waals surface area contributed by atoms with Crippen LogP contribution in [0.4, 0.5) is 20.6 Å². The molecule has 1 fully saturated rings. The molecule has 5 rings (SSSR count). The lowest BCUT2D eigenvalue weighted by atomic mass is 10.0. The molecule has 0 saturated carbocycles. The van der Waals surface area contributed by atoms with Crippen LogP contribution in [0.15, 0.2) is 36.7 Å². The number of anilines is 2. The van der Waals surface area contributed by atoms with Crippen LogP contribution in [0.5, 0.6) is 5.75 Å². The van der Waals surface area contributed by atoms with Crippen LogP contribution in [0.1, 0.15) is 41.4 Å². The van der Waals surface area contributed by atoms with E-state index < -0.39 is 18.0 Å². The molecule has 2 amide bonds. The summed E-state index contributed by atoms with van der Waals surface area (Å²) in [6, 6.07) is 5.78. The van der Waals surface area contributed by atoms with E-state index in [1.54, 1.807) is 30.6 Å². The van der Waals surface area contributed by atoms with Crippen LogP contribution >= 0.6 is 0 Å². The maximum Gasteiger partial charge on any atom is 0.408 e. The minimum atomic E-state index is -0.991. The van der Waals surface area contributed by atoms with Crippen molar-refractivity contribution in [2.45, 2.75) is 38.3 Å². The zero-order valence-corrected chi connectivity index (χ0v) is 20.4. The van der Waals surface area contributed by atoms with Crippen LogP contribution in [-0.4, -0.2) is 57.7 Å². The minimum absolute atomic E-state index is 0.0264. The van der Waals surface area contributed by atoms with Gasteiger partial charge in [0.2, 0.25) is 0 Å². The molecule has 0 bridgehead atoms. The first-order chi connectivity index (χ1) is 17.9. The van der Waals surface area contributed by atoms with E-state index in [1.807, 2.05) is 6.92 Å². The molecule has 0 unspecified atom stereocenters. The van der Waals surface area contributed by atoms with Gasteiger partial charge in [0.05, 0.1) is 41.3 Å². The van der Waals surface area contributed by atoms with Gasteiger partial charge in [0, 0.05) is 42.7 Å². The van der Waals surface area contributed by atoms with E-state index in [0.717, 1.165) is 12.1 Å². The third-order valence-corrected chi connectivity index (χ3v) is 6.75. The summed E-state index contributed by atoms with van der Waals surface area (Å²) in [5, 5.41) is 15.7. The Kier molecular flexibility index (Phi) is 6.44. The minimum Gasteiger partial charge on any atom is -0.492 e. The number of H-pyrrole nitrogens is 1. The number of ether oxygens (including phenoxy) is 1. The van der Waals surface area contributed by atoms with Crippen molar-refractivity contribution >= 4 is 23.4 Å². The van der Waals surface area contributed by atoms with Crippen molar-refractivity contribution < 1.29 is 23.8 Å². The highest BCUT2D eigenvalue weighted by atomic mass is 19.1. The second-order valence-electron chi connectivity index (χ2n) is 9.00. The first kappa shape index (κ1) is 24.2. The zero-order chi connectivity index (χ0) is 26.1. The number of aromatic amines is 1. The van der Waals surface area contributed by atoms with E-state index in [1.165, 1.54) is 18.1 Å². The summed E-state index contributed by atoms with van der Waals surface area (Å²) >= 11 is 0. The normalized spacial score (nSPS) is 18.5. The molecule has 4 N–H and O–H groups in total. The standard InChI is InChI=1S/C27H26FN5O4/c1-15-6-8-17(33(15)27(35)36)9-7-16-14-29-12-10-18(16)23-24(22-20(31-23)11-13-30-26(22)34)32-21-5-3-4-19(28)25(21)37-2/h3-5,10,12,14-15,17,31-32H,6,8,11,13H2,1-2H3,(H,30,34)(H,35,36)/t15-,17-/m0/s1. The molecule has 3 aromatic rings. The van der Waals surface area contributed by atoms with Crippen molar-refractivity contribution in [2.24, 2.45) is 0 Å². The quantitative estimate of drug-likeness (QED) is 0.398. The van der Waals surface area contributed by atoms with E-state index in [2.05, 4.69) is 32.4 Å². The second-order valence-corrected chi connectivity index (χ2v) is 9.00. The lowest BCUT2D eigenvalue weighted by molar-refractivity contribution is 0.0946. The van der Waals surface area contributed by atoms with Crippen molar-refractivity contribution in [3.63, 3.8) is 0 Å². The lowest BCUT2D eigenvalue weighted by Crippen LogP contribution is -2.38. The molecule has 2 aliphatic heterocycles. The molecule has 2 aliphatic rings. The number of pyridine rings is 1. The first-order valence-electron chi connectivity index (χ1n) is 12.0. The number of halogens is 1. The van der Waals surface area contributed by atoms with Crippen LogP contribution in [-0.2, 0) is 6.42 Å². The van der Waals surface area contributed by atoms with Gasteiger partial charge in [0.1, 0.15) is 0 Å². The maximum atomic E-state index is 14.4. The number of methoxy groups -OCH3 is 1. The highest BCUT2D eigenvalue weighted by Crippen LogP contribution is 2.40. The van der Waals surface area contributed by atoms with Gasteiger partial charge in [-0.2, -0.15) is 0 Å². The summed E-state index contributed by atoms with van der Waals surface area (Å²) in [4.78, 5) is 33.6. The zero-order valence-electron chi connectivity index (χ0n) is 20.4. The van der Waals surface area contributed by atoms with Gasteiger partial charge < -0.3 is 25.5 Å². The Morgan fingerprint density at radius 2 is 2.16 bits per heavy atom. The molecule has 37 heavy (non-hydrogen) atoms. The summed E-state index contributed by atoms with van der Waals surface area (Å²) in [5.74, 6) is 5.47.